The van der Waals surface area contributed by atoms with Gasteiger partial charge in [-0.05, 0) is 55.3 Å². The minimum absolute atomic E-state index is 0.0476. The van der Waals surface area contributed by atoms with Gasteiger partial charge in [-0.25, -0.2) is 4.39 Å². The van der Waals surface area contributed by atoms with Gasteiger partial charge in [0.25, 0.3) is 0 Å². The van der Waals surface area contributed by atoms with Gasteiger partial charge in [0.15, 0.2) is 0 Å². The Morgan fingerprint density at radius 2 is 2.03 bits per heavy atom. The number of aromatic nitrogens is 2. The molecule has 0 unspecified atom stereocenters. The molecule has 32 heavy (non-hydrogen) atoms. The van der Waals surface area contributed by atoms with Crippen molar-refractivity contribution >= 4 is 23.2 Å². The van der Waals surface area contributed by atoms with Crippen LogP contribution >= 0.6 is 0 Å². The number of amides is 2. The van der Waals surface area contributed by atoms with E-state index >= 15 is 0 Å². The zero-order chi connectivity index (χ0) is 22.5. The Balaban J connectivity index is 1.38. The lowest BCUT2D eigenvalue weighted by Gasteiger charge is -2.28. The van der Waals surface area contributed by atoms with Crippen LogP contribution in [0, 0.1) is 5.82 Å². The first kappa shape index (κ1) is 21.5. The lowest BCUT2D eigenvalue weighted by atomic mass is 10.1. The summed E-state index contributed by atoms with van der Waals surface area (Å²) in [5.41, 5.74) is 1.85. The van der Waals surface area contributed by atoms with Crippen LogP contribution in [0.5, 0.6) is 5.75 Å². The van der Waals surface area contributed by atoms with Gasteiger partial charge in [0.2, 0.25) is 23.5 Å². The molecule has 2 aromatic carbocycles. The molecule has 1 aliphatic heterocycles. The summed E-state index contributed by atoms with van der Waals surface area (Å²) in [5.74, 6) is 0.706. The molecule has 0 atom stereocenters. The van der Waals surface area contributed by atoms with Gasteiger partial charge >= 0.3 is 0 Å². The average Bonchev–Trinajstić information content (AvgIpc) is 3.28. The van der Waals surface area contributed by atoms with Crippen molar-refractivity contribution in [3.63, 3.8) is 0 Å². The molecule has 1 N–H and O–H groups in total. The standard InChI is InChI=1S/C23H23FN4O4/c1-31-19-10-9-17(14-18(19)28-13-3-2-4-22(28)30)25-20(29)11-12-21-26-23(27-32-21)15-5-7-16(24)8-6-15/h5-10,14H,2-4,11-13H2,1H3,(H,25,29). The highest BCUT2D eigenvalue weighted by Gasteiger charge is 2.23. The highest BCUT2D eigenvalue weighted by molar-refractivity contribution is 5.97. The number of rotatable bonds is 7. The summed E-state index contributed by atoms with van der Waals surface area (Å²) < 4.78 is 23.7. The summed E-state index contributed by atoms with van der Waals surface area (Å²) in [5, 5.41) is 6.71. The lowest BCUT2D eigenvalue weighted by Crippen LogP contribution is -2.35. The number of halogens is 1. The Bertz CT molecular complexity index is 1110. The highest BCUT2D eigenvalue weighted by Crippen LogP contribution is 2.33. The normalized spacial score (nSPS) is 13.8. The molecule has 166 valence electrons. The SMILES string of the molecule is COc1ccc(NC(=O)CCc2nc(-c3ccc(F)cc3)no2)cc1N1CCCCC1=O. The van der Waals surface area contributed by atoms with E-state index in [0.29, 0.717) is 47.4 Å². The molecular weight excluding hydrogens is 415 g/mol. The Morgan fingerprint density at radius 3 is 2.78 bits per heavy atom. The molecular formula is C23H23FN4O4. The molecule has 0 spiro atoms. The molecule has 0 saturated carbocycles. The van der Waals surface area contributed by atoms with Gasteiger partial charge in [-0.2, -0.15) is 4.98 Å². The number of carbonyl (C=O) groups is 2. The van der Waals surface area contributed by atoms with Crippen LogP contribution in [0.2, 0.25) is 0 Å². The minimum atomic E-state index is -0.347. The number of piperidine rings is 1. The topological polar surface area (TPSA) is 97.6 Å². The molecule has 1 fully saturated rings. The van der Waals surface area contributed by atoms with Gasteiger partial charge in [-0.1, -0.05) is 5.16 Å². The molecule has 2 heterocycles. The zero-order valence-corrected chi connectivity index (χ0v) is 17.6. The first-order valence-electron chi connectivity index (χ1n) is 10.4. The van der Waals surface area contributed by atoms with Gasteiger partial charge in [0, 0.05) is 37.1 Å². The van der Waals surface area contributed by atoms with E-state index in [1.54, 1.807) is 42.3 Å². The van der Waals surface area contributed by atoms with Gasteiger partial charge in [-0.15, -0.1) is 0 Å². The predicted octanol–water partition coefficient (Wildman–Crippen LogP) is 3.97. The quantitative estimate of drug-likeness (QED) is 0.599. The number of anilines is 2. The summed E-state index contributed by atoms with van der Waals surface area (Å²) in [6.45, 7) is 0.625. The predicted molar refractivity (Wildman–Crippen MR) is 116 cm³/mol. The number of ether oxygens (including phenoxy) is 1. The fourth-order valence-electron chi connectivity index (χ4n) is 3.56. The minimum Gasteiger partial charge on any atom is -0.495 e. The van der Waals surface area contributed by atoms with Gasteiger partial charge in [0.1, 0.15) is 11.6 Å². The van der Waals surface area contributed by atoms with Crippen LogP contribution in [0.1, 0.15) is 31.6 Å². The number of methoxy groups -OCH3 is 1. The lowest BCUT2D eigenvalue weighted by molar-refractivity contribution is -0.119. The molecule has 1 saturated heterocycles. The molecule has 1 aromatic heterocycles. The van der Waals surface area contributed by atoms with Gasteiger partial charge in [-0.3, -0.25) is 9.59 Å². The van der Waals surface area contributed by atoms with Gasteiger partial charge < -0.3 is 19.5 Å². The van der Waals surface area contributed by atoms with E-state index in [1.807, 2.05) is 0 Å². The monoisotopic (exact) mass is 438 g/mol. The molecule has 1 aliphatic rings. The van der Waals surface area contributed by atoms with Crippen LogP contribution in [0.15, 0.2) is 47.0 Å². The van der Waals surface area contributed by atoms with Crippen LogP contribution < -0.4 is 15.0 Å². The van der Waals surface area contributed by atoms with E-state index in [1.165, 1.54) is 12.1 Å². The number of nitrogens with one attached hydrogen (secondary N) is 1. The maximum Gasteiger partial charge on any atom is 0.227 e. The van der Waals surface area contributed by atoms with Crippen LogP contribution in [0.3, 0.4) is 0 Å². The third kappa shape index (κ3) is 4.93. The third-order valence-corrected chi connectivity index (χ3v) is 5.21. The Labute approximate surface area is 184 Å². The number of hydrogen-bond donors (Lipinski definition) is 1. The Hall–Kier alpha value is -3.75. The number of benzene rings is 2. The van der Waals surface area contributed by atoms with Crippen molar-refractivity contribution in [3.8, 4) is 17.1 Å². The van der Waals surface area contributed by atoms with E-state index in [4.69, 9.17) is 9.26 Å². The molecule has 8 nitrogen and oxygen atoms in total. The first-order chi connectivity index (χ1) is 15.5. The van der Waals surface area contributed by atoms with Crippen molar-refractivity contribution in [1.82, 2.24) is 10.1 Å². The van der Waals surface area contributed by atoms with Crippen LogP contribution in [0.4, 0.5) is 15.8 Å². The summed E-state index contributed by atoms with van der Waals surface area (Å²) in [7, 11) is 1.55. The van der Waals surface area contributed by atoms with Crippen molar-refractivity contribution in [2.75, 3.05) is 23.9 Å². The highest BCUT2D eigenvalue weighted by atomic mass is 19.1. The van der Waals surface area contributed by atoms with E-state index in [9.17, 15) is 14.0 Å². The van der Waals surface area contributed by atoms with Crippen LogP contribution in [0.25, 0.3) is 11.4 Å². The number of aryl methyl sites for hydroxylation is 1. The fourth-order valence-corrected chi connectivity index (χ4v) is 3.56. The number of nitrogens with zero attached hydrogens (tertiary/aromatic N) is 3. The van der Waals surface area contributed by atoms with Crippen molar-refractivity contribution in [2.45, 2.75) is 32.1 Å². The maximum absolute atomic E-state index is 13.1. The van der Waals surface area contributed by atoms with Crippen molar-refractivity contribution in [1.29, 1.82) is 0 Å². The molecule has 0 bridgehead atoms. The largest absolute Gasteiger partial charge is 0.495 e. The zero-order valence-electron chi connectivity index (χ0n) is 17.6. The summed E-state index contributed by atoms with van der Waals surface area (Å²) in [6.07, 6.45) is 2.70. The molecule has 4 rings (SSSR count). The molecule has 9 heteroatoms. The van der Waals surface area contributed by atoms with Crippen molar-refractivity contribution in [3.05, 3.63) is 54.2 Å². The maximum atomic E-state index is 13.1. The van der Waals surface area contributed by atoms with Gasteiger partial charge in [0.05, 0.1) is 12.8 Å². The van der Waals surface area contributed by atoms with Crippen LogP contribution in [-0.4, -0.2) is 35.6 Å². The van der Waals surface area contributed by atoms with Crippen molar-refractivity contribution in [2.24, 2.45) is 0 Å². The summed E-state index contributed by atoms with van der Waals surface area (Å²) >= 11 is 0. The van der Waals surface area contributed by atoms with E-state index in [0.717, 1.165) is 12.8 Å². The van der Waals surface area contributed by atoms with E-state index in [2.05, 4.69) is 15.5 Å². The fraction of sp³-hybridized carbons (Fsp3) is 0.304. The number of carbonyl (C=O) groups excluding carboxylic acids is 2. The second-order valence-electron chi connectivity index (χ2n) is 7.46. The smallest absolute Gasteiger partial charge is 0.227 e. The first-order valence-corrected chi connectivity index (χ1v) is 10.4. The molecule has 0 aliphatic carbocycles. The second-order valence-corrected chi connectivity index (χ2v) is 7.46. The third-order valence-electron chi connectivity index (χ3n) is 5.21. The summed E-state index contributed by atoms with van der Waals surface area (Å²) in [6, 6.07) is 11.0. The summed E-state index contributed by atoms with van der Waals surface area (Å²) in [4.78, 5) is 30.7. The van der Waals surface area contributed by atoms with Crippen molar-refractivity contribution < 1.29 is 23.2 Å². The Kier molecular flexibility index (Phi) is 6.44. The molecule has 0 radical (unpaired) electrons. The number of hydrogen-bond acceptors (Lipinski definition) is 6. The van der Waals surface area contributed by atoms with Crippen LogP contribution in [-0.2, 0) is 16.0 Å². The average molecular weight is 438 g/mol. The molecule has 3 aromatic rings. The second kappa shape index (κ2) is 9.59. The van der Waals surface area contributed by atoms with E-state index in [-0.39, 0.29) is 30.5 Å². The van der Waals surface area contributed by atoms with E-state index < -0.39 is 0 Å². The Morgan fingerprint density at radius 1 is 1.22 bits per heavy atom. The molecule has 2 amide bonds.